The van der Waals surface area contributed by atoms with E-state index in [-0.39, 0.29) is 5.56 Å². The lowest BCUT2D eigenvalue weighted by Gasteiger charge is -2.16. The number of methoxy groups -OCH3 is 3. The third-order valence-electron chi connectivity index (χ3n) is 4.00. The molecule has 3 rings (SSSR count). The van der Waals surface area contributed by atoms with E-state index in [2.05, 4.69) is 10.2 Å². The summed E-state index contributed by atoms with van der Waals surface area (Å²) in [4.78, 5) is 12.5. The van der Waals surface area contributed by atoms with Gasteiger partial charge in [0.25, 0.3) is 5.56 Å². The van der Waals surface area contributed by atoms with Crippen molar-refractivity contribution >= 4 is 0 Å². The average molecular weight is 341 g/mol. The minimum atomic E-state index is -0.154. The zero-order valence-corrected chi connectivity index (χ0v) is 14.5. The van der Waals surface area contributed by atoms with Gasteiger partial charge in [-0.1, -0.05) is 0 Å². The third-order valence-corrected chi connectivity index (χ3v) is 4.00. The van der Waals surface area contributed by atoms with Crippen LogP contribution in [0, 0.1) is 6.92 Å². The molecule has 3 aromatic rings. The maximum Gasteiger partial charge on any atom is 0.255 e. The van der Waals surface area contributed by atoms with Crippen molar-refractivity contribution < 1.29 is 14.2 Å². The molecule has 0 saturated heterocycles. The monoisotopic (exact) mass is 341 g/mol. The van der Waals surface area contributed by atoms with E-state index in [1.165, 1.54) is 21.3 Å². The van der Waals surface area contributed by atoms with Crippen molar-refractivity contribution in [2.45, 2.75) is 6.92 Å². The van der Waals surface area contributed by atoms with Crippen molar-refractivity contribution in [1.82, 2.24) is 14.8 Å². The first-order valence-electron chi connectivity index (χ1n) is 7.62. The Morgan fingerprint density at radius 2 is 1.72 bits per heavy atom. The fraction of sp³-hybridized carbons (Fsp3) is 0.222. The smallest absolute Gasteiger partial charge is 0.255 e. The van der Waals surface area contributed by atoms with Crippen molar-refractivity contribution in [3.63, 3.8) is 0 Å². The number of pyridine rings is 1. The maximum absolute atomic E-state index is 12.5. The summed E-state index contributed by atoms with van der Waals surface area (Å²) in [6.07, 6.45) is 5.28. The zero-order chi connectivity index (χ0) is 18.0. The number of benzene rings is 1. The predicted molar refractivity (Wildman–Crippen MR) is 94.0 cm³/mol. The number of H-pyrrole nitrogens is 1. The number of nitrogens with one attached hydrogen (secondary N) is 1. The quantitative estimate of drug-likeness (QED) is 0.772. The molecule has 0 radical (unpaired) electrons. The maximum atomic E-state index is 12.5. The van der Waals surface area contributed by atoms with Gasteiger partial charge in [0.1, 0.15) is 0 Å². The summed E-state index contributed by atoms with van der Waals surface area (Å²) in [5.41, 5.74) is 3.14. The number of aryl methyl sites for hydroxylation is 1. The van der Waals surface area contributed by atoms with E-state index in [1.54, 1.807) is 41.4 Å². The van der Waals surface area contributed by atoms with Gasteiger partial charge in [-0.05, 0) is 12.5 Å². The largest absolute Gasteiger partial charge is 0.493 e. The molecule has 0 saturated carbocycles. The number of aromatic amines is 1. The fourth-order valence-corrected chi connectivity index (χ4v) is 2.74. The first kappa shape index (κ1) is 16.6. The molecule has 130 valence electrons. The highest BCUT2D eigenvalue weighted by Gasteiger charge is 2.16. The molecule has 0 aliphatic carbocycles. The first-order valence-corrected chi connectivity index (χ1v) is 7.62. The summed E-state index contributed by atoms with van der Waals surface area (Å²) < 4.78 is 17.6. The predicted octanol–water partition coefficient (Wildman–Crippen LogP) is 2.56. The Bertz CT molecular complexity index is 920. The van der Waals surface area contributed by atoms with Crippen LogP contribution < -0.4 is 19.8 Å². The minimum Gasteiger partial charge on any atom is -0.493 e. The van der Waals surface area contributed by atoms with Crippen LogP contribution in [0.15, 0.2) is 41.6 Å². The first-order chi connectivity index (χ1) is 12.1. The van der Waals surface area contributed by atoms with Crippen molar-refractivity contribution in [3.05, 3.63) is 52.7 Å². The van der Waals surface area contributed by atoms with Crippen LogP contribution >= 0.6 is 0 Å². The van der Waals surface area contributed by atoms with Gasteiger partial charge >= 0.3 is 0 Å². The fourth-order valence-electron chi connectivity index (χ4n) is 2.74. The summed E-state index contributed by atoms with van der Waals surface area (Å²) >= 11 is 0. The van der Waals surface area contributed by atoms with Crippen LogP contribution in [0.1, 0.15) is 5.56 Å². The molecule has 25 heavy (non-hydrogen) atoms. The van der Waals surface area contributed by atoms with Crippen LogP contribution in [0.25, 0.3) is 16.8 Å². The second kappa shape index (κ2) is 6.72. The van der Waals surface area contributed by atoms with Crippen molar-refractivity contribution in [2.24, 2.45) is 0 Å². The number of ether oxygens (including phenoxy) is 3. The van der Waals surface area contributed by atoms with Crippen LogP contribution in [0.4, 0.5) is 0 Å². The molecular weight excluding hydrogens is 322 g/mol. The van der Waals surface area contributed by atoms with Gasteiger partial charge in [-0.2, -0.15) is 5.10 Å². The second-order valence-electron chi connectivity index (χ2n) is 5.45. The molecule has 7 heteroatoms. The highest BCUT2D eigenvalue weighted by molar-refractivity contribution is 5.66. The zero-order valence-electron chi connectivity index (χ0n) is 14.5. The van der Waals surface area contributed by atoms with E-state index in [1.807, 2.05) is 6.92 Å². The van der Waals surface area contributed by atoms with Gasteiger partial charge in [0.05, 0.1) is 33.2 Å². The van der Waals surface area contributed by atoms with Crippen molar-refractivity contribution in [3.8, 4) is 34.1 Å². The van der Waals surface area contributed by atoms with E-state index in [0.717, 1.165) is 16.7 Å². The summed E-state index contributed by atoms with van der Waals surface area (Å²) in [6, 6.07) is 5.06. The van der Waals surface area contributed by atoms with Crippen LogP contribution in [0.3, 0.4) is 0 Å². The van der Waals surface area contributed by atoms with Crippen LogP contribution in [-0.4, -0.2) is 36.1 Å². The Hall–Kier alpha value is -3.22. The van der Waals surface area contributed by atoms with Crippen LogP contribution in [-0.2, 0) is 0 Å². The molecule has 0 aliphatic rings. The molecule has 0 bridgehead atoms. The molecule has 7 nitrogen and oxygen atoms in total. The van der Waals surface area contributed by atoms with Crippen molar-refractivity contribution in [2.75, 3.05) is 21.3 Å². The van der Waals surface area contributed by atoms with Gasteiger partial charge in [0.2, 0.25) is 5.75 Å². The summed E-state index contributed by atoms with van der Waals surface area (Å²) in [5, 5.41) is 6.76. The SMILES string of the molecule is COc1cc(-n2cc(-c3cn[nH]c3)c(C)cc2=O)cc(OC)c1OC. The van der Waals surface area contributed by atoms with Crippen LogP contribution in [0.2, 0.25) is 0 Å². The van der Waals surface area contributed by atoms with Gasteiger partial charge in [0.15, 0.2) is 11.5 Å². The van der Waals surface area contributed by atoms with Gasteiger partial charge < -0.3 is 14.2 Å². The Morgan fingerprint density at radius 1 is 1.04 bits per heavy atom. The summed E-state index contributed by atoms with van der Waals surface area (Å²) in [7, 11) is 4.61. The topological polar surface area (TPSA) is 78.4 Å². The molecule has 0 spiro atoms. The lowest BCUT2D eigenvalue weighted by molar-refractivity contribution is 0.324. The van der Waals surface area contributed by atoms with Crippen molar-refractivity contribution in [1.29, 1.82) is 0 Å². The number of hydrogen-bond donors (Lipinski definition) is 1. The molecule has 1 N–H and O–H groups in total. The Labute approximate surface area is 144 Å². The van der Waals surface area contributed by atoms with Crippen LogP contribution in [0.5, 0.6) is 17.2 Å². The third kappa shape index (κ3) is 2.96. The van der Waals surface area contributed by atoms with Gasteiger partial charge in [0, 0.05) is 41.7 Å². The van der Waals surface area contributed by atoms with Gasteiger partial charge in [-0.25, -0.2) is 0 Å². The van der Waals surface area contributed by atoms with Gasteiger partial charge in [-0.3, -0.25) is 14.5 Å². The van der Waals surface area contributed by atoms with E-state index >= 15 is 0 Å². The molecule has 1 aromatic carbocycles. The van der Waals surface area contributed by atoms with E-state index in [9.17, 15) is 4.79 Å². The molecule has 0 fully saturated rings. The molecule has 0 amide bonds. The number of hydrogen-bond acceptors (Lipinski definition) is 5. The second-order valence-corrected chi connectivity index (χ2v) is 5.45. The normalized spacial score (nSPS) is 10.6. The van der Waals surface area contributed by atoms with E-state index in [4.69, 9.17) is 14.2 Å². The lowest BCUT2D eigenvalue weighted by Crippen LogP contribution is -2.18. The lowest BCUT2D eigenvalue weighted by atomic mass is 10.1. The molecule has 2 aromatic heterocycles. The highest BCUT2D eigenvalue weighted by Crippen LogP contribution is 2.39. The van der Waals surface area contributed by atoms with E-state index in [0.29, 0.717) is 22.9 Å². The molecule has 0 unspecified atom stereocenters. The molecular formula is C18H19N3O4. The number of rotatable bonds is 5. The minimum absolute atomic E-state index is 0.154. The molecule has 0 aliphatic heterocycles. The standard InChI is InChI=1S/C18H19N3O4/c1-11-5-17(22)21(10-14(11)12-8-19-20-9-12)13-6-15(23-2)18(25-4)16(7-13)24-3/h5-10H,1-4H3,(H,19,20). The Kier molecular flexibility index (Phi) is 4.47. The highest BCUT2D eigenvalue weighted by atomic mass is 16.5. The average Bonchev–Trinajstić information content (AvgIpc) is 3.14. The molecule has 0 atom stereocenters. The summed E-state index contributed by atoms with van der Waals surface area (Å²) in [6.45, 7) is 1.89. The number of nitrogens with zero attached hydrogens (tertiary/aromatic N) is 2. The van der Waals surface area contributed by atoms with E-state index < -0.39 is 0 Å². The Morgan fingerprint density at radius 3 is 2.24 bits per heavy atom. The summed E-state index contributed by atoms with van der Waals surface area (Å²) in [5.74, 6) is 1.44. The number of aromatic nitrogens is 3. The van der Waals surface area contributed by atoms with Gasteiger partial charge in [-0.15, -0.1) is 0 Å². The Balaban J connectivity index is 2.23. The molecule has 2 heterocycles.